The average Bonchev–Trinajstić information content (AvgIpc) is 3.41. The standard InChI is InChI=1S/C26H25N3O2S2/c1-16-11-13-18(14-12-16)23(17-7-4-3-5-8-17)27-21(30)15-32-26-28-24-22(25(31)29(26)2)19-9-6-10-20(19)33-24/h3-5,7-8,11-14,23H,6,9-10,15H2,1-2H3,(H,27,30). The van der Waals surface area contributed by atoms with Crippen LogP contribution >= 0.6 is 23.1 Å². The summed E-state index contributed by atoms with van der Waals surface area (Å²) in [6, 6.07) is 17.9. The van der Waals surface area contributed by atoms with Crippen LogP contribution in [-0.2, 0) is 24.7 Å². The molecule has 1 aliphatic rings. The lowest BCUT2D eigenvalue weighted by Gasteiger charge is -2.20. The Morgan fingerprint density at radius 2 is 1.85 bits per heavy atom. The number of rotatable bonds is 6. The molecule has 5 nitrogen and oxygen atoms in total. The molecule has 0 radical (unpaired) electrons. The molecule has 0 spiro atoms. The minimum absolute atomic E-state index is 0.0101. The van der Waals surface area contributed by atoms with Gasteiger partial charge in [-0.1, -0.05) is 71.9 Å². The van der Waals surface area contributed by atoms with Gasteiger partial charge in [0.1, 0.15) is 4.83 Å². The molecule has 4 aromatic rings. The van der Waals surface area contributed by atoms with E-state index in [2.05, 4.69) is 29.6 Å². The van der Waals surface area contributed by atoms with Crippen molar-refractivity contribution in [1.29, 1.82) is 0 Å². The second-order valence-electron chi connectivity index (χ2n) is 8.41. The number of fused-ring (bicyclic) bond motifs is 3. The number of thiophene rings is 1. The molecule has 7 heteroatoms. The quantitative estimate of drug-likeness (QED) is 0.322. The van der Waals surface area contributed by atoms with E-state index < -0.39 is 0 Å². The Hall–Kier alpha value is -2.90. The Bertz CT molecular complexity index is 1370. The molecule has 2 aromatic carbocycles. The number of aromatic nitrogens is 2. The Labute approximate surface area is 200 Å². The van der Waals surface area contributed by atoms with Gasteiger partial charge in [-0.3, -0.25) is 14.2 Å². The number of hydrogen-bond acceptors (Lipinski definition) is 5. The van der Waals surface area contributed by atoms with Crippen LogP contribution in [0.2, 0.25) is 0 Å². The van der Waals surface area contributed by atoms with Crippen LogP contribution in [0.1, 0.15) is 39.6 Å². The van der Waals surface area contributed by atoms with Crippen molar-refractivity contribution in [3.05, 3.63) is 92.1 Å². The van der Waals surface area contributed by atoms with Gasteiger partial charge in [0, 0.05) is 11.9 Å². The van der Waals surface area contributed by atoms with E-state index >= 15 is 0 Å². The van der Waals surface area contributed by atoms with Gasteiger partial charge in [0.15, 0.2) is 5.16 Å². The Morgan fingerprint density at radius 1 is 1.12 bits per heavy atom. The summed E-state index contributed by atoms with van der Waals surface area (Å²) in [5, 5.41) is 4.52. The van der Waals surface area contributed by atoms with E-state index in [9.17, 15) is 9.59 Å². The SMILES string of the molecule is Cc1ccc(C(NC(=O)CSc2nc3sc4c(c3c(=O)n2C)CCC4)c2ccccc2)cc1. The molecule has 2 heterocycles. The number of thioether (sulfide) groups is 1. The van der Waals surface area contributed by atoms with E-state index in [4.69, 9.17) is 4.98 Å². The monoisotopic (exact) mass is 475 g/mol. The summed E-state index contributed by atoms with van der Waals surface area (Å²) in [6.07, 6.45) is 3.10. The fraction of sp³-hybridized carbons (Fsp3) is 0.269. The highest BCUT2D eigenvalue weighted by atomic mass is 32.2. The molecule has 2 aromatic heterocycles. The highest BCUT2D eigenvalue weighted by Crippen LogP contribution is 2.35. The second kappa shape index (κ2) is 9.15. The molecule has 1 unspecified atom stereocenters. The van der Waals surface area contributed by atoms with Crippen molar-refractivity contribution in [2.24, 2.45) is 7.05 Å². The van der Waals surface area contributed by atoms with E-state index in [0.29, 0.717) is 5.16 Å². The summed E-state index contributed by atoms with van der Waals surface area (Å²) >= 11 is 2.93. The zero-order chi connectivity index (χ0) is 22.9. The molecular weight excluding hydrogens is 450 g/mol. The molecule has 1 atom stereocenters. The minimum Gasteiger partial charge on any atom is -0.344 e. The van der Waals surface area contributed by atoms with Gasteiger partial charge in [-0.25, -0.2) is 4.98 Å². The number of nitrogens with one attached hydrogen (secondary N) is 1. The van der Waals surface area contributed by atoms with Crippen LogP contribution in [-0.4, -0.2) is 21.2 Å². The lowest BCUT2D eigenvalue weighted by Crippen LogP contribution is -2.31. The predicted molar refractivity (Wildman–Crippen MR) is 135 cm³/mol. The van der Waals surface area contributed by atoms with Crippen molar-refractivity contribution in [3.63, 3.8) is 0 Å². The third-order valence-corrected chi connectivity index (χ3v) is 8.30. The number of amides is 1. The summed E-state index contributed by atoms with van der Waals surface area (Å²) in [7, 11) is 1.74. The molecule has 33 heavy (non-hydrogen) atoms. The van der Waals surface area contributed by atoms with E-state index in [-0.39, 0.29) is 23.3 Å². The number of hydrogen-bond donors (Lipinski definition) is 1. The van der Waals surface area contributed by atoms with Crippen LogP contribution in [0.25, 0.3) is 10.2 Å². The molecule has 1 N–H and O–H groups in total. The first kappa shape index (κ1) is 21.9. The van der Waals surface area contributed by atoms with Crippen LogP contribution < -0.4 is 10.9 Å². The van der Waals surface area contributed by atoms with Gasteiger partial charge in [-0.2, -0.15) is 0 Å². The minimum atomic E-state index is -0.237. The van der Waals surface area contributed by atoms with Crippen LogP contribution in [0.5, 0.6) is 0 Å². The summed E-state index contributed by atoms with van der Waals surface area (Å²) < 4.78 is 1.58. The zero-order valence-electron chi connectivity index (χ0n) is 18.6. The summed E-state index contributed by atoms with van der Waals surface area (Å²) in [6.45, 7) is 2.05. The summed E-state index contributed by atoms with van der Waals surface area (Å²) in [5.74, 6) is 0.0870. The maximum Gasteiger partial charge on any atom is 0.262 e. The first-order valence-electron chi connectivity index (χ1n) is 11.1. The van der Waals surface area contributed by atoms with Gasteiger partial charge in [-0.05, 0) is 42.9 Å². The molecule has 1 amide bonds. The van der Waals surface area contributed by atoms with Gasteiger partial charge < -0.3 is 5.32 Å². The molecule has 5 rings (SSSR count). The molecule has 0 fully saturated rings. The fourth-order valence-electron chi connectivity index (χ4n) is 4.33. The number of nitrogens with zero attached hydrogens (tertiary/aromatic N) is 2. The molecule has 0 bridgehead atoms. The van der Waals surface area contributed by atoms with Gasteiger partial charge >= 0.3 is 0 Å². The van der Waals surface area contributed by atoms with Gasteiger partial charge in [-0.15, -0.1) is 11.3 Å². The lowest BCUT2D eigenvalue weighted by molar-refractivity contribution is -0.119. The topological polar surface area (TPSA) is 64.0 Å². The van der Waals surface area contributed by atoms with Gasteiger partial charge in [0.05, 0.1) is 17.2 Å². The van der Waals surface area contributed by atoms with Crippen LogP contribution in [0.3, 0.4) is 0 Å². The zero-order valence-corrected chi connectivity index (χ0v) is 20.3. The van der Waals surface area contributed by atoms with E-state index in [1.165, 1.54) is 27.8 Å². The fourth-order valence-corrected chi connectivity index (χ4v) is 6.42. The smallest absolute Gasteiger partial charge is 0.262 e. The maximum atomic E-state index is 13.0. The molecule has 0 saturated heterocycles. The van der Waals surface area contributed by atoms with E-state index in [1.807, 2.05) is 37.3 Å². The first-order chi connectivity index (χ1) is 16.0. The van der Waals surface area contributed by atoms with Crippen molar-refractivity contribution in [1.82, 2.24) is 14.9 Å². The third-order valence-electron chi connectivity index (χ3n) is 6.09. The second-order valence-corrected chi connectivity index (χ2v) is 10.4. The molecule has 0 saturated carbocycles. The number of carbonyl (C=O) groups is 1. The average molecular weight is 476 g/mol. The largest absolute Gasteiger partial charge is 0.344 e. The van der Waals surface area contributed by atoms with Crippen LogP contribution in [0.4, 0.5) is 0 Å². The van der Waals surface area contributed by atoms with E-state index in [0.717, 1.165) is 40.6 Å². The number of benzene rings is 2. The van der Waals surface area contributed by atoms with Crippen molar-refractivity contribution in [2.45, 2.75) is 37.4 Å². The van der Waals surface area contributed by atoms with Gasteiger partial charge in [0.2, 0.25) is 5.91 Å². The lowest BCUT2D eigenvalue weighted by atomic mass is 9.98. The highest BCUT2D eigenvalue weighted by Gasteiger charge is 2.23. The maximum absolute atomic E-state index is 13.0. The molecular formula is C26H25N3O2S2. The van der Waals surface area contributed by atoms with Gasteiger partial charge in [0.25, 0.3) is 5.56 Å². The van der Waals surface area contributed by atoms with E-state index in [1.54, 1.807) is 23.0 Å². The normalized spacial score (nSPS) is 13.8. The first-order valence-corrected chi connectivity index (χ1v) is 12.9. The predicted octanol–water partition coefficient (Wildman–Crippen LogP) is 4.79. The molecule has 0 aliphatic heterocycles. The molecule has 1 aliphatic carbocycles. The third kappa shape index (κ3) is 4.35. The summed E-state index contributed by atoms with van der Waals surface area (Å²) in [5.41, 5.74) is 4.41. The number of carbonyl (C=O) groups excluding carboxylic acids is 1. The van der Waals surface area contributed by atoms with Crippen molar-refractivity contribution in [2.75, 3.05) is 5.75 Å². The molecule has 168 valence electrons. The van der Waals surface area contributed by atoms with Crippen molar-refractivity contribution in [3.8, 4) is 0 Å². The van der Waals surface area contributed by atoms with Crippen LogP contribution in [0.15, 0.2) is 64.5 Å². The Balaban J connectivity index is 1.36. The summed E-state index contributed by atoms with van der Waals surface area (Å²) in [4.78, 5) is 32.8. The Kier molecular flexibility index (Phi) is 6.08. The Morgan fingerprint density at radius 3 is 2.61 bits per heavy atom. The number of aryl methyl sites for hydroxylation is 3. The van der Waals surface area contributed by atoms with Crippen molar-refractivity contribution < 1.29 is 4.79 Å². The van der Waals surface area contributed by atoms with Crippen LogP contribution in [0, 0.1) is 6.92 Å². The van der Waals surface area contributed by atoms with Crippen molar-refractivity contribution >= 4 is 39.2 Å². The highest BCUT2D eigenvalue weighted by molar-refractivity contribution is 7.99.